The summed E-state index contributed by atoms with van der Waals surface area (Å²) in [6.45, 7) is 10.6. The van der Waals surface area contributed by atoms with Crippen molar-refractivity contribution < 1.29 is 37.1 Å². The van der Waals surface area contributed by atoms with E-state index in [0.717, 1.165) is 19.3 Å². The van der Waals surface area contributed by atoms with E-state index in [4.69, 9.17) is 9.47 Å². The number of tetrazole rings is 1. The quantitative estimate of drug-likeness (QED) is 0.257. The first-order valence-corrected chi connectivity index (χ1v) is 19.7. The monoisotopic (exact) mass is 770 g/mol. The van der Waals surface area contributed by atoms with Crippen LogP contribution < -0.4 is 20.1 Å². The maximum Gasteiger partial charge on any atom is 0.408 e. The van der Waals surface area contributed by atoms with Crippen LogP contribution in [0.2, 0.25) is 0 Å². The molecule has 2 saturated carbocycles. The number of hydrogen-bond donors (Lipinski definition) is 3. The number of hydrogen-bond acceptors (Lipinski definition) is 12. The summed E-state index contributed by atoms with van der Waals surface area (Å²) >= 11 is 0. The zero-order valence-electron chi connectivity index (χ0n) is 31.4. The van der Waals surface area contributed by atoms with Crippen molar-refractivity contribution in [1.82, 2.24) is 49.7 Å². The van der Waals surface area contributed by atoms with E-state index in [-0.39, 0.29) is 38.6 Å². The van der Waals surface area contributed by atoms with Gasteiger partial charge in [-0.2, -0.15) is 17.5 Å². The highest BCUT2D eigenvalue weighted by atomic mass is 32.2. The van der Waals surface area contributed by atoms with Gasteiger partial charge in [0.1, 0.15) is 29.5 Å². The third-order valence-corrected chi connectivity index (χ3v) is 12.2. The molecule has 6 rings (SSSR count). The van der Waals surface area contributed by atoms with E-state index in [0.29, 0.717) is 30.2 Å². The lowest BCUT2D eigenvalue weighted by Crippen LogP contribution is -2.61. The molecule has 54 heavy (non-hydrogen) atoms. The Balaban J connectivity index is 1.25. The molecule has 0 spiro atoms. The van der Waals surface area contributed by atoms with E-state index in [9.17, 15) is 27.6 Å². The lowest BCUT2D eigenvalue weighted by molar-refractivity contribution is -0.143. The van der Waals surface area contributed by atoms with Crippen molar-refractivity contribution >= 4 is 34.0 Å². The lowest BCUT2D eigenvalue weighted by atomic mass is 9.85. The summed E-state index contributed by atoms with van der Waals surface area (Å²) in [5, 5.41) is 18.6. The van der Waals surface area contributed by atoms with Crippen molar-refractivity contribution in [3.05, 3.63) is 36.9 Å². The molecular formula is C35H50N10O8S. The maximum absolute atomic E-state index is 14.5. The van der Waals surface area contributed by atoms with Gasteiger partial charge in [-0.05, 0) is 67.6 Å². The Morgan fingerprint density at radius 3 is 2.33 bits per heavy atom. The minimum absolute atomic E-state index is 0.0247. The van der Waals surface area contributed by atoms with Crippen LogP contribution in [0.3, 0.4) is 0 Å². The molecule has 2 saturated heterocycles. The fourth-order valence-electron chi connectivity index (χ4n) is 6.95. The number of carbonyl (C=O) groups excluding carboxylic acids is 4. The van der Waals surface area contributed by atoms with Gasteiger partial charge in [0.15, 0.2) is 0 Å². The maximum atomic E-state index is 14.5. The molecule has 1 aromatic heterocycles. The molecule has 2 aliphatic heterocycles. The molecule has 5 atom stereocenters. The van der Waals surface area contributed by atoms with Crippen LogP contribution in [0.1, 0.15) is 58.9 Å². The van der Waals surface area contributed by atoms with Gasteiger partial charge in [-0.25, -0.2) is 9.52 Å². The van der Waals surface area contributed by atoms with Crippen molar-refractivity contribution in [2.75, 3.05) is 46.9 Å². The normalized spacial score (nSPS) is 25.6. The minimum Gasteiger partial charge on any atom is -0.497 e. The molecule has 0 bridgehead atoms. The van der Waals surface area contributed by atoms with Crippen molar-refractivity contribution in [1.29, 1.82) is 0 Å². The highest BCUT2D eigenvalue weighted by molar-refractivity contribution is 7.87. The molecular weight excluding hydrogens is 721 g/mol. The molecule has 2 aromatic rings. The number of nitrogens with zero attached hydrogens (tertiary/aromatic N) is 7. The van der Waals surface area contributed by atoms with Gasteiger partial charge in [0.2, 0.25) is 17.6 Å². The zero-order chi connectivity index (χ0) is 39.0. The first-order chi connectivity index (χ1) is 25.5. The predicted octanol–water partition coefficient (Wildman–Crippen LogP) is 0.853. The Morgan fingerprint density at radius 2 is 1.76 bits per heavy atom. The van der Waals surface area contributed by atoms with Crippen LogP contribution >= 0.6 is 0 Å². The number of nitrogens with one attached hydrogen (secondary N) is 3. The average molecular weight is 771 g/mol. The first-order valence-electron chi connectivity index (χ1n) is 18.2. The fourth-order valence-corrected chi connectivity index (χ4v) is 8.14. The van der Waals surface area contributed by atoms with Gasteiger partial charge >= 0.3 is 16.3 Å². The summed E-state index contributed by atoms with van der Waals surface area (Å²) in [4.78, 5) is 60.3. The highest BCUT2D eigenvalue weighted by Gasteiger charge is 2.62. The Hall–Kier alpha value is -4.62. The standard InChI is InChI=1S/C35H50N10O8S/c1-7-23-20-35(23,32(48)40-54(50,51)43-17-15-42(5)16-18-43)37-30(46)27-19-24(45-39-29(38-41-45)22-11-13-25(52-6)14-12-22)21-44(27)31(47)28(34(2,3)4)36-33(49)53-26-9-8-10-26/h7,11-14,23-24,26-28H,1,8-10,15-21H2,2-6H3,(H,36,49)(H,37,46)(H,40,48)/t23-,24-,27+,28-,35-/m1/s1. The van der Waals surface area contributed by atoms with Crippen LogP contribution in [0.25, 0.3) is 11.4 Å². The predicted molar refractivity (Wildman–Crippen MR) is 195 cm³/mol. The Kier molecular flexibility index (Phi) is 11.0. The molecule has 1 aromatic carbocycles. The van der Waals surface area contributed by atoms with Gasteiger partial charge in [0, 0.05) is 50.6 Å². The van der Waals surface area contributed by atoms with Gasteiger partial charge in [-0.3, -0.25) is 14.4 Å². The molecule has 19 heteroatoms. The molecule has 4 aliphatic rings. The lowest BCUT2D eigenvalue weighted by Gasteiger charge is -2.36. The third-order valence-electron chi connectivity index (χ3n) is 10.7. The Morgan fingerprint density at radius 1 is 1.07 bits per heavy atom. The number of likely N-dealkylation sites (N-methyl/N-ethyl adjacent to an activating group) is 1. The number of methoxy groups -OCH3 is 1. The zero-order valence-corrected chi connectivity index (χ0v) is 32.2. The number of likely N-dealkylation sites (tertiary alicyclic amines) is 1. The van der Waals surface area contributed by atoms with Crippen molar-refractivity contribution in [2.24, 2.45) is 11.3 Å². The van der Waals surface area contributed by atoms with Crippen molar-refractivity contribution in [2.45, 2.75) is 82.6 Å². The summed E-state index contributed by atoms with van der Waals surface area (Å²) < 4.78 is 40.6. The molecule has 4 amide bonds. The van der Waals surface area contributed by atoms with Crippen molar-refractivity contribution in [3.8, 4) is 17.1 Å². The van der Waals surface area contributed by atoms with Gasteiger partial charge in [-0.15, -0.1) is 16.8 Å². The Labute approximate surface area is 315 Å². The number of alkyl carbamates (subject to hydrolysis) is 1. The molecule has 4 fully saturated rings. The number of carbonyl (C=O) groups is 4. The van der Waals surface area contributed by atoms with Crippen LogP contribution in [0, 0.1) is 11.3 Å². The van der Waals surface area contributed by atoms with E-state index in [1.54, 1.807) is 52.1 Å². The van der Waals surface area contributed by atoms with E-state index >= 15 is 0 Å². The van der Waals surface area contributed by atoms with Crippen LogP contribution in [-0.4, -0.2) is 137 Å². The molecule has 2 aliphatic carbocycles. The second-order valence-corrected chi connectivity index (χ2v) is 17.3. The summed E-state index contributed by atoms with van der Waals surface area (Å²) in [6.07, 6.45) is 3.16. The van der Waals surface area contributed by atoms with E-state index in [1.165, 1.54) is 20.1 Å². The first kappa shape index (κ1) is 39.1. The fraction of sp³-hybridized carbons (Fsp3) is 0.629. The van der Waals surface area contributed by atoms with E-state index in [1.807, 2.05) is 11.9 Å². The third kappa shape index (κ3) is 8.22. The Bertz CT molecular complexity index is 1850. The van der Waals surface area contributed by atoms with Gasteiger partial charge in [0.05, 0.1) is 13.2 Å². The number of ether oxygens (including phenoxy) is 2. The van der Waals surface area contributed by atoms with Crippen LogP contribution in [0.5, 0.6) is 5.75 Å². The molecule has 294 valence electrons. The van der Waals surface area contributed by atoms with Crippen LogP contribution in [0.4, 0.5) is 4.79 Å². The second-order valence-electron chi connectivity index (χ2n) is 15.6. The number of piperazine rings is 1. The number of aromatic nitrogens is 4. The van der Waals surface area contributed by atoms with Crippen molar-refractivity contribution in [3.63, 3.8) is 0 Å². The summed E-state index contributed by atoms with van der Waals surface area (Å²) in [5.74, 6) is -1.69. The SMILES string of the molecule is C=C[C@@H]1C[C@]1(NC(=O)[C@@H]1C[C@@H](n2nnc(-c3ccc(OC)cc3)n2)CN1C(=O)[C@@H](NC(=O)OC1CCC1)C(C)(C)C)C(=O)NS(=O)(=O)N1CCN(C)CC1. The van der Waals surface area contributed by atoms with E-state index < -0.39 is 69.0 Å². The number of rotatable bonds is 12. The second kappa shape index (κ2) is 15.3. The van der Waals surface area contributed by atoms with Crippen LogP contribution in [-0.2, 0) is 29.3 Å². The summed E-state index contributed by atoms with van der Waals surface area (Å²) in [7, 11) is -0.761. The molecule has 18 nitrogen and oxygen atoms in total. The smallest absolute Gasteiger partial charge is 0.408 e. The topological polar surface area (TPSA) is 210 Å². The number of benzene rings is 1. The van der Waals surface area contributed by atoms with Crippen LogP contribution in [0.15, 0.2) is 36.9 Å². The van der Waals surface area contributed by atoms with Gasteiger partial charge in [0.25, 0.3) is 5.91 Å². The largest absolute Gasteiger partial charge is 0.497 e. The molecule has 0 radical (unpaired) electrons. The van der Waals surface area contributed by atoms with Gasteiger partial charge in [-0.1, -0.05) is 26.8 Å². The number of amides is 4. The summed E-state index contributed by atoms with van der Waals surface area (Å²) in [6, 6.07) is 4.22. The van der Waals surface area contributed by atoms with Gasteiger partial charge < -0.3 is 29.9 Å². The average Bonchev–Trinajstić information content (AvgIpc) is 3.40. The molecule has 0 unspecified atom stereocenters. The summed E-state index contributed by atoms with van der Waals surface area (Å²) in [5.41, 5.74) is -1.73. The van der Waals surface area contributed by atoms with E-state index in [2.05, 4.69) is 37.3 Å². The highest BCUT2D eigenvalue weighted by Crippen LogP contribution is 2.45. The molecule has 3 N–H and O–H groups in total. The molecule has 3 heterocycles. The minimum atomic E-state index is -4.20.